The summed E-state index contributed by atoms with van der Waals surface area (Å²) in [5.74, 6) is 0.656. The van der Waals surface area contributed by atoms with E-state index in [1.165, 1.54) is 87.3 Å². The van der Waals surface area contributed by atoms with E-state index >= 15 is 0 Å². The number of allylic oxidation sites excluding steroid dienone is 1. The Bertz CT molecular complexity index is 1810. The van der Waals surface area contributed by atoms with Gasteiger partial charge in [-0.15, -0.1) is 0 Å². The van der Waals surface area contributed by atoms with Gasteiger partial charge in [-0.1, -0.05) is 176 Å². The van der Waals surface area contributed by atoms with Crippen molar-refractivity contribution in [1.29, 1.82) is 0 Å². The zero-order valence-corrected chi connectivity index (χ0v) is 24.7. The number of fused-ring (bicyclic) bond motifs is 3. The van der Waals surface area contributed by atoms with Crippen LogP contribution in [0.15, 0.2) is 133 Å². The van der Waals surface area contributed by atoms with Crippen LogP contribution in [0.5, 0.6) is 0 Å². The van der Waals surface area contributed by atoms with Crippen LogP contribution in [0, 0.1) is 5.92 Å². The molecule has 0 nitrogen and oxygen atoms in total. The third-order valence-electron chi connectivity index (χ3n) is 9.53. The van der Waals surface area contributed by atoms with Gasteiger partial charge in [-0.3, -0.25) is 0 Å². The summed E-state index contributed by atoms with van der Waals surface area (Å²) in [5.41, 5.74) is 7.39. The van der Waals surface area contributed by atoms with Crippen molar-refractivity contribution < 1.29 is 0 Å². The summed E-state index contributed by atoms with van der Waals surface area (Å²) in [4.78, 5) is 0. The van der Waals surface area contributed by atoms with E-state index in [1.807, 2.05) is 0 Å². The van der Waals surface area contributed by atoms with Crippen LogP contribution < -0.4 is 10.9 Å². The van der Waals surface area contributed by atoms with Crippen LogP contribution in [0.4, 0.5) is 0 Å². The number of rotatable bonds is 7. The third kappa shape index (κ3) is 5.29. The fraction of sp³-hybridized carbons (Fsp3) is 0.220. The summed E-state index contributed by atoms with van der Waals surface area (Å²) in [6, 6.07) is 48.0. The Balaban J connectivity index is 1.54. The summed E-state index contributed by atoms with van der Waals surface area (Å²) in [5, 5.41) is 7.86. The fourth-order valence-corrected chi connectivity index (χ4v) is 7.47. The lowest BCUT2D eigenvalue weighted by Gasteiger charge is -2.31. The van der Waals surface area contributed by atoms with Crippen LogP contribution in [0.2, 0.25) is 0 Å². The lowest BCUT2D eigenvalue weighted by Crippen LogP contribution is -2.44. The van der Waals surface area contributed by atoms with Gasteiger partial charge in [-0.2, -0.15) is 0 Å². The molecule has 0 amide bonds. The Hall–Kier alpha value is -4.10. The molecule has 42 heavy (non-hydrogen) atoms. The minimum Gasteiger partial charge on any atom is -0.0712 e. The van der Waals surface area contributed by atoms with E-state index in [9.17, 15) is 0 Å². The predicted octanol–water partition coefficient (Wildman–Crippen LogP) is 10.1. The van der Waals surface area contributed by atoms with Gasteiger partial charge in [-0.25, -0.2) is 0 Å². The topological polar surface area (TPSA) is 0 Å². The molecule has 206 valence electrons. The Morgan fingerprint density at radius 3 is 1.55 bits per heavy atom. The van der Waals surface area contributed by atoms with E-state index in [1.54, 1.807) is 11.0 Å². The summed E-state index contributed by atoms with van der Waals surface area (Å²) in [7, 11) is 0. The second kappa shape index (κ2) is 12.0. The molecule has 0 heterocycles. The first kappa shape index (κ1) is 26.8. The van der Waals surface area contributed by atoms with Gasteiger partial charge in [-0.05, 0) is 69.1 Å². The molecule has 1 heteroatoms. The van der Waals surface area contributed by atoms with E-state index in [0.717, 1.165) is 6.42 Å². The molecule has 1 aliphatic carbocycles. The Kier molecular flexibility index (Phi) is 7.67. The molecule has 0 atom stereocenters. The molecule has 0 aliphatic heterocycles. The Labute approximate surface area is 251 Å². The first-order chi connectivity index (χ1) is 20.8. The summed E-state index contributed by atoms with van der Waals surface area (Å²) >= 11 is 0. The maximum Gasteiger partial charge on any atom is 0.241 e. The smallest absolute Gasteiger partial charge is 0.0712 e. The maximum atomic E-state index is 2.47. The molecule has 1 aliphatic rings. The standard InChI is InChI=1S/C41H39B/c1-2-12-40(33-16-4-3-5-17-33)41(37-22-21-30-13-6-9-18-34(30)27-37)42(38-25-23-31-14-7-10-19-35(31)28-38)39-26-24-32-15-8-11-20-36(32)29-39/h6-11,13-15,18-29,33H,2-5,12,16-17H2,1H3/b41-40+. The van der Waals surface area contributed by atoms with Crippen molar-refractivity contribution in [3.8, 4) is 0 Å². The zero-order chi connectivity index (χ0) is 28.3. The van der Waals surface area contributed by atoms with Crippen molar-refractivity contribution >= 4 is 55.4 Å². The summed E-state index contributed by atoms with van der Waals surface area (Å²) in [6.07, 6.45) is 9.03. The average Bonchev–Trinajstić information content (AvgIpc) is 3.06. The van der Waals surface area contributed by atoms with Crippen LogP contribution in [-0.4, -0.2) is 6.71 Å². The van der Waals surface area contributed by atoms with Gasteiger partial charge in [0.15, 0.2) is 0 Å². The maximum absolute atomic E-state index is 2.47. The minimum absolute atomic E-state index is 0.156. The molecule has 7 rings (SSSR count). The van der Waals surface area contributed by atoms with Crippen LogP contribution in [0.25, 0.3) is 37.8 Å². The second-order valence-electron chi connectivity index (χ2n) is 12.2. The summed E-state index contributed by atoms with van der Waals surface area (Å²) < 4.78 is 0. The highest BCUT2D eigenvalue weighted by atomic mass is 14.3. The SMILES string of the molecule is CCC/C(=C(\B(c1ccc2ccccc2c1)c1ccc2ccccc2c1)c1ccc2ccccc2c1)C1CCCCC1. The van der Waals surface area contributed by atoms with Gasteiger partial charge in [0.1, 0.15) is 0 Å². The first-order valence-corrected chi connectivity index (χ1v) is 16.0. The molecule has 6 aromatic carbocycles. The van der Waals surface area contributed by atoms with Crippen molar-refractivity contribution in [2.24, 2.45) is 5.92 Å². The molecule has 0 aromatic heterocycles. The van der Waals surface area contributed by atoms with Crippen molar-refractivity contribution in [2.75, 3.05) is 0 Å². The number of benzene rings is 6. The second-order valence-corrected chi connectivity index (χ2v) is 12.2. The highest BCUT2D eigenvalue weighted by Gasteiger charge is 2.31. The first-order valence-electron chi connectivity index (χ1n) is 16.0. The van der Waals surface area contributed by atoms with Gasteiger partial charge in [0.25, 0.3) is 0 Å². The molecule has 0 radical (unpaired) electrons. The molecule has 0 bridgehead atoms. The van der Waals surface area contributed by atoms with Gasteiger partial charge in [0, 0.05) is 0 Å². The molecule has 0 spiro atoms. The van der Waals surface area contributed by atoms with Crippen molar-refractivity contribution in [2.45, 2.75) is 51.9 Å². The van der Waals surface area contributed by atoms with Crippen LogP contribution in [-0.2, 0) is 0 Å². The monoisotopic (exact) mass is 542 g/mol. The Morgan fingerprint density at radius 1 is 0.548 bits per heavy atom. The van der Waals surface area contributed by atoms with Crippen molar-refractivity contribution in [3.63, 3.8) is 0 Å². The molecule has 0 unspecified atom stereocenters. The van der Waals surface area contributed by atoms with E-state index in [0.29, 0.717) is 5.92 Å². The molecule has 1 fully saturated rings. The van der Waals surface area contributed by atoms with Crippen LogP contribution in [0.3, 0.4) is 0 Å². The molecule has 0 N–H and O–H groups in total. The molecule has 6 aromatic rings. The number of hydrogen-bond acceptors (Lipinski definition) is 0. The van der Waals surface area contributed by atoms with Crippen molar-refractivity contribution in [3.05, 3.63) is 139 Å². The normalized spacial score (nSPS) is 14.8. The fourth-order valence-electron chi connectivity index (χ4n) is 7.47. The van der Waals surface area contributed by atoms with Crippen LogP contribution in [0.1, 0.15) is 57.4 Å². The zero-order valence-electron chi connectivity index (χ0n) is 24.7. The lowest BCUT2D eigenvalue weighted by atomic mass is 9.34. The lowest BCUT2D eigenvalue weighted by molar-refractivity contribution is 0.395. The Morgan fingerprint density at radius 2 is 1.02 bits per heavy atom. The minimum atomic E-state index is 0.156. The van der Waals surface area contributed by atoms with Gasteiger partial charge >= 0.3 is 0 Å². The van der Waals surface area contributed by atoms with Gasteiger partial charge < -0.3 is 0 Å². The average molecular weight is 543 g/mol. The highest BCUT2D eigenvalue weighted by molar-refractivity contribution is 7.00. The van der Waals surface area contributed by atoms with Gasteiger partial charge in [0.2, 0.25) is 6.71 Å². The molecular formula is C41H39B. The van der Waals surface area contributed by atoms with E-state index in [-0.39, 0.29) is 6.71 Å². The molecule has 0 saturated heterocycles. The van der Waals surface area contributed by atoms with Gasteiger partial charge in [0.05, 0.1) is 0 Å². The third-order valence-corrected chi connectivity index (χ3v) is 9.53. The largest absolute Gasteiger partial charge is 0.241 e. The molecular weight excluding hydrogens is 503 g/mol. The predicted molar refractivity (Wildman–Crippen MR) is 185 cm³/mol. The highest BCUT2D eigenvalue weighted by Crippen LogP contribution is 2.38. The van der Waals surface area contributed by atoms with E-state index < -0.39 is 0 Å². The quantitative estimate of drug-likeness (QED) is 0.176. The summed E-state index contributed by atoms with van der Waals surface area (Å²) in [6.45, 7) is 2.52. The van der Waals surface area contributed by atoms with E-state index in [4.69, 9.17) is 0 Å². The van der Waals surface area contributed by atoms with Crippen LogP contribution >= 0.6 is 0 Å². The molecule has 1 saturated carbocycles. The van der Waals surface area contributed by atoms with Crippen molar-refractivity contribution in [1.82, 2.24) is 0 Å². The van der Waals surface area contributed by atoms with E-state index in [2.05, 4.69) is 134 Å². The number of hydrogen-bond donors (Lipinski definition) is 0.